The SMILES string of the molecule is CCCCCCC1CC(C)C(C)C(CC)C1. The largest absolute Gasteiger partial charge is 0.0654 e. The maximum absolute atomic E-state index is 2.48. The molecule has 0 nitrogen and oxygen atoms in total. The molecule has 0 amide bonds. The van der Waals surface area contributed by atoms with Crippen molar-refractivity contribution in [3.05, 3.63) is 0 Å². The van der Waals surface area contributed by atoms with Crippen molar-refractivity contribution in [2.45, 2.75) is 79.1 Å². The molecule has 0 aromatic carbocycles. The molecule has 0 aromatic rings. The molecule has 1 aliphatic rings. The van der Waals surface area contributed by atoms with Crippen LogP contribution in [0.25, 0.3) is 0 Å². The van der Waals surface area contributed by atoms with Gasteiger partial charge in [0.2, 0.25) is 0 Å². The van der Waals surface area contributed by atoms with Gasteiger partial charge in [-0.2, -0.15) is 0 Å². The molecule has 0 bridgehead atoms. The minimum Gasteiger partial charge on any atom is -0.0654 e. The molecule has 1 aliphatic carbocycles. The normalized spacial score (nSPS) is 35.2. The molecule has 0 aliphatic heterocycles. The third-order valence-corrected chi connectivity index (χ3v) is 4.97. The lowest BCUT2D eigenvalue weighted by Crippen LogP contribution is -2.29. The van der Waals surface area contributed by atoms with E-state index >= 15 is 0 Å². The summed E-state index contributed by atoms with van der Waals surface area (Å²) in [5, 5.41) is 0. The van der Waals surface area contributed by atoms with Gasteiger partial charge in [0.05, 0.1) is 0 Å². The Balaban J connectivity index is 2.27. The first-order chi connectivity index (χ1) is 7.69. The van der Waals surface area contributed by atoms with Crippen molar-refractivity contribution in [2.24, 2.45) is 23.7 Å². The molecule has 1 rings (SSSR count). The van der Waals surface area contributed by atoms with E-state index in [1.54, 1.807) is 0 Å². The molecule has 96 valence electrons. The van der Waals surface area contributed by atoms with Crippen LogP contribution in [0.5, 0.6) is 0 Å². The summed E-state index contributed by atoms with van der Waals surface area (Å²) in [6.45, 7) is 9.64. The molecular weight excluding hydrogens is 192 g/mol. The predicted octanol–water partition coefficient (Wildman–Crippen LogP) is 5.67. The van der Waals surface area contributed by atoms with Gasteiger partial charge in [-0.3, -0.25) is 0 Å². The molecule has 0 spiro atoms. The number of unbranched alkanes of at least 4 members (excludes halogenated alkanes) is 3. The summed E-state index contributed by atoms with van der Waals surface area (Å²) >= 11 is 0. The third kappa shape index (κ3) is 4.11. The van der Waals surface area contributed by atoms with Gasteiger partial charge in [-0.15, -0.1) is 0 Å². The molecule has 0 heterocycles. The highest BCUT2D eigenvalue weighted by atomic mass is 14.4. The number of hydrogen-bond donors (Lipinski definition) is 0. The van der Waals surface area contributed by atoms with Crippen LogP contribution in [0.2, 0.25) is 0 Å². The lowest BCUT2D eigenvalue weighted by molar-refractivity contribution is 0.119. The zero-order valence-electron chi connectivity index (χ0n) is 12.0. The van der Waals surface area contributed by atoms with Gasteiger partial charge >= 0.3 is 0 Å². The van der Waals surface area contributed by atoms with Crippen molar-refractivity contribution in [1.29, 1.82) is 0 Å². The van der Waals surface area contributed by atoms with Crippen LogP contribution in [0.4, 0.5) is 0 Å². The zero-order chi connectivity index (χ0) is 12.0. The van der Waals surface area contributed by atoms with Crippen molar-refractivity contribution < 1.29 is 0 Å². The van der Waals surface area contributed by atoms with Crippen LogP contribution in [-0.2, 0) is 0 Å². The topological polar surface area (TPSA) is 0 Å². The zero-order valence-corrected chi connectivity index (χ0v) is 12.0. The average Bonchev–Trinajstić information content (AvgIpc) is 2.29. The predicted molar refractivity (Wildman–Crippen MR) is 73.6 cm³/mol. The van der Waals surface area contributed by atoms with Crippen molar-refractivity contribution in [2.75, 3.05) is 0 Å². The Bertz CT molecular complexity index is 173. The monoisotopic (exact) mass is 224 g/mol. The lowest BCUT2D eigenvalue weighted by Gasteiger charge is -2.38. The van der Waals surface area contributed by atoms with E-state index in [9.17, 15) is 0 Å². The highest BCUT2D eigenvalue weighted by Gasteiger charge is 2.31. The quantitative estimate of drug-likeness (QED) is 0.510. The summed E-state index contributed by atoms with van der Waals surface area (Å²) in [7, 11) is 0. The van der Waals surface area contributed by atoms with E-state index in [1.807, 2.05) is 0 Å². The minimum atomic E-state index is 0.967. The van der Waals surface area contributed by atoms with Gasteiger partial charge in [0.1, 0.15) is 0 Å². The Morgan fingerprint density at radius 1 is 0.938 bits per heavy atom. The molecular formula is C16H32. The van der Waals surface area contributed by atoms with E-state index < -0.39 is 0 Å². The molecule has 16 heavy (non-hydrogen) atoms. The second-order valence-electron chi connectivity index (χ2n) is 6.19. The van der Waals surface area contributed by atoms with Gasteiger partial charge in [0.15, 0.2) is 0 Å². The Labute approximate surface area is 103 Å². The fourth-order valence-corrected chi connectivity index (χ4v) is 3.58. The Morgan fingerprint density at radius 2 is 1.69 bits per heavy atom. The van der Waals surface area contributed by atoms with Gasteiger partial charge in [0.25, 0.3) is 0 Å². The molecule has 1 fully saturated rings. The van der Waals surface area contributed by atoms with Crippen LogP contribution in [0.3, 0.4) is 0 Å². The second-order valence-corrected chi connectivity index (χ2v) is 6.19. The summed E-state index contributed by atoms with van der Waals surface area (Å²) in [4.78, 5) is 0. The highest BCUT2D eigenvalue weighted by molar-refractivity contribution is 4.81. The fourth-order valence-electron chi connectivity index (χ4n) is 3.58. The second kappa shape index (κ2) is 7.35. The van der Waals surface area contributed by atoms with E-state index in [1.165, 1.54) is 51.4 Å². The third-order valence-electron chi connectivity index (χ3n) is 4.97. The first kappa shape index (κ1) is 14.1. The van der Waals surface area contributed by atoms with Crippen LogP contribution >= 0.6 is 0 Å². The molecule has 4 atom stereocenters. The highest BCUT2D eigenvalue weighted by Crippen LogP contribution is 2.41. The summed E-state index contributed by atoms with van der Waals surface area (Å²) in [6, 6.07) is 0. The first-order valence-electron chi connectivity index (χ1n) is 7.69. The van der Waals surface area contributed by atoms with Gasteiger partial charge in [-0.25, -0.2) is 0 Å². The standard InChI is InChI=1S/C16H32/c1-5-7-8-9-10-15-11-13(3)14(4)16(6-2)12-15/h13-16H,5-12H2,1-4H3. The molecule has 1 saturated carbocycles. The van der Waals surface area contributed by atoms with E-state index in [0.717, 1.165) is 23.7 Å². The van der Waals surface area contributed by atoms with Crippen molar-refractivity contribution in [3.8, 4) is 0 Å². The minimum absolute atomic E-state index is 0.967. The van der Waals surface area contributed by atoms with Crippen LogP contribution < -0.4 is 0 Å². The summed E-state index contributed by atoms with van der Waals surface area (Å²) < 4.78 is 0. The van der Waals surface area contributed by atoms with Crippen molar-refractivity contribution in [1.82, 2.24) is 0 Å². The fraction of sp³-hybridized carbons (Fsp3) is 1.00. The Hall–Kier alpha value is 0. The molecule has 4 unspecified atom stereocenters. The molecule has 0 aromatic heterocycles. The Kier molecular flexibility index (Phi) is 6.46. The number of rotatable bonds is 6. The average molecular weight is 224 g/mol. The molecule has 0 heteroatoms. The maximum atomic E-state index is 2.48. The van der Waals surface area contributed by atoms with Gasteiger partial charge in [-0.05, 0) is 36.5 Å². The molecule has 0 saturated heterocycles. The van der Waals surface area contributed by atoms with E-state index in [0.29, 0.717) is 0 Å². The van der Waals surface area contributed by atoms with Crippen molar-refractivity contribution >= 4 is 0 Å². The van der Waals surface area contributed by atoms with Crippen LogP contribution in [0.15, 0.2) is 0 Å². The van der Waals surface area contributed by atoms with Crippen molar-refractivity contribution in [3.63, 3.8) is 0 Å². The lowest BCUT2D eigenvalue weighted by atomic mass is 9.67. The van der Waals surface area contributed by atoms with Gasteiger partial charge < -0.3 is 0 Å². The van der Waals surface area contributed by atoms with E-state index in [2.05, 4.69) is 27.7 Å². The van der Waals surface area contributed by atoms with Gasteiger partial charge in [0, 0.05) is 0 Å². The molecule has 0 N–H and O–H groups in total. The van der Waals surface area contributed by atoms with E-state index in [4.69, 9.17) is 0 Å². The smallest absolute Gasteiger partial charge is 0.0386 e. The summed E-state index contributed by atoms with van der Waals surface area (Å²) in [5.41, 5.74) is 0. The van der Waals surface area contributed by atoms with Crippen LogP contribution in [-0.4, -0.2) is 0 Å². The Morgan fingerprint density at radius 3 is 2.31 bits per heavy atom. The van der Waals surface area contributed by atoms with E-state index in [-0.39, 0.29) is 0 Å². The summed E-state index contributed by atoms with van der Waals surface area (Å²) in [6.07, 6.45) is 11.7. The first-order valence-corrected chi connectivity index (χ1v) is 7.69. The molecule has 0 radical (unpaired) electrons. The van der Waals surface area contributed by atoms with Crippen LogP contribution in [0.1, 0.15) is 79.1 Å². The number of hydrogen-bond acceptors (Lipinski definition) is 0. The maximum Gasteiger partial charge on any atom is -0.0386 e. The summed E-state index contributed by atoms with van der Waals surface area (Å²) in [5.74, 6) is 4.00. The van der Waals surface area contributed by atoms with Crippen LogP contribution in [0, 0.1) is 23.7 Å². The van der Waals surface area contributed by atoms with Gasteiger partial charge in [-0.1, -0.05) is 66.2 Å².